The Balaban J connectivity index is 1.68. The predicted molar refractivity (Wildman–Crippen MR) is 82.4 cm³/mol. The van der Waals surface area contributed by atoms with Gasteiger partial charge in [0.1, 0.15) is 0 Å². The first-order valence-corrected chi connectivity index (χ1v) is 7.05. The van der Waals surface area contributed by atoms with Crippen LogP contribution in [-0.4, -0.2) is 9.78 Å². The van der Waals surface area contributed by atoms with Crippen molar-refractivity contribution in [2.45, 2.75) is 26.6 Å². The molecule has 0 atom stereocenters. The van der Waals surface area contributed by atoms with Crippen molar-refractivity contribution in [1.29, 1.82) is 0 Å². The highest BCUT2D eigenvalue weighted by Gasteiger charge is 2.01. The van der Waals surface area contributed by atoms with E-state index in [0.29, 0.717) is 0 Å². The number of benzene rings is 2. The van der Waals surface area contributed by atoms with Gasteiger partial charge < -0.3 is 5.32 Å². The zero-order valence-corrected chi connectivity index (χ0v) is 11.7. The zero-order chi connectivity index (χ0) is 13.8. The fourth-order valence-electron chi connectivity index (χ4n) is 2.46. The van der Waals surface area contributed by atoms with Crippen molar-refractivity contribution in [3.05, 3.63) is 66.0 Å². The molecule has 0 bridgehead atoms. The summed E-state index contributed by atoms with van der Waals surface area (Å²) in [4.78, 5) is 0. The van der Waals surface area contributed by atoms with Gasteiger partial charge in [0.2, 0.25) is 0 Å². The molecule has 1 N–H and O–H groups in total. The lowest BCUT2D eigenvalue weighted by atomic mass is 10.0. The number of nitrogens with one attached hydrogen (secondary N) is 1. The maximum absolute atomic E-state index is 4.29. The molecule has 0 radical (unpaired) electrons. The number of aromatic nitrogens is 2. The lowest BCUT2D eigenvalue weighted by Crippen LogP contribution is -2.12. The van der Waals surface area contributed by atoms with Crippen LogP contribution in [0.5, 0.6) is 0 Å². The van der Waals surface area contributed by atoms with E-state index >= 15 is 0 Å². The van der Waals surface area contributed by atoms with Crippen molar-refractivity contribution >= 4 is 10.8 Å². The molecule has 0 amide bonds. The van der Waals surface area contributed by atoms with Crippen molar-refractivity contribution in [1.82, 2.24) is 15.1 Å². The van der Waals surface area contributed by atoms with Gasteiger partial charge in [0.05, 0.1) is 6.20 Å². The summed E-state index contributed by atoms with van der Waals surface area (Å²) in [6.45, 7) is 4.74. The lowest BCUT2D eigenvalue weighted by molar-refractivity contribution is 0.656. The highest BCUT2D eigenvalue weighted by molar-refractivity contribution is 5.85. The second-order valence-electron chi connectivity index (χ2n) is 4.95. The molecule has 0 fully saturated rings. The molecule has 0 aliphatic heterocycles. The number of hydrogen-bond donors (Lipinski definition) is 1. The third-order valence-corrected chi connectivity index (χ3v) is 3.54. The van der Waals surface area contributed by atoms with Crippen LogP contribution in [0, 0.1) is 0 Å². The van der Waals surface area contributed by atoms with Gasteiger partial charge in [-0.25, -0.2) is 0 Å². The molecule has 3 rings (SSSR count). The number of fused-ring (bicyclic) bond motifs is 1. The fourth-order valence-corrected chi connectivity index (χ4v) is 2.46. The van der Waals surface area contributed by atoms with E-state index in [-0.39, 0.29) is 0 Å². The van der Waals surface area contributed by atoms with E-state index < -0.39 is 0 Å². The van der Waals surface area contributed by atoms with E-state index in [2.05, 4.69) is 66.0 Å². The Bertz CT molecular complexity index is 695. The smallest absolute Gasteiger partial charge is 0.0534 e. The Morgan fingerprint density at radius 1 is 1.05 bits per heavy atom. The Morgan fingerprint density at radius 2 is 1.90 bits per heavy atom. The molecule has 3 heteroatoms. The van der Waals surface area contributed by atoms with Crippen LogP contribution in [0.4, 0.5) is 0 Å². The SMILES string of the molecule is CCn1cc(CNCc2cccc3ccccc23)cn1. The van der Waals surface area contributed by atoms with Gasteiger partial charge in [0.15, 0.2) is 0 Å². The van der Waals surface area contributed by atoms with Crippen LogP contribution in [0.2, 0.25) is 0 Å². The van der Waals surface area contributed by atoms with E-state index in [9.17, 15) is 0 Å². The molecule has 0 unspecified atom stereocenters. The molecular formula is C17H19N3. The molecule has 20 heavy (non-hydrogen) atoms. The number of rotatable bonds is 5. The van der Waals surface area contributed by atoms with Crippen LogP contribution in [-0.2, 0) is 19.6 Å². The second-order valence-corrected chi connectivity index (χ2v) is 4.95. The van der Waals surface area contributed by atoms with Crippen molar-refractivity contribution in [2.24, 2.45) is 0 Å². The monoisotopic (exact) mass is 265 g/mol. The zero-order valence-electron chi connectivity index (χ0n) is 11.7. The van der Waals surface area contributed by atoms with Crippen molar-refractivity contribution in [3.8, 4) is 0 Å². The van der Waals surface area contributed by atoms with Crippen LogP contribution in [0.3, 0.4) is 0 Å². The first kappa shape index (κ1) is 12.9. The van der Waals surface area contributed by atoms with Crippen molar-refractivity contribution in [2.75, 3.05) is 0 Å². The number of hydrogen-bond acceptors (Lipinski definition) is 2. The summed E-state index contributed by atoms with van der Waals surface area (Å²) in [7, 11) is 0. The summed E-state index contributed by atoms with van der Waals surface area (Å²) < 4.78 is 1.95. The molecule has 0 aliphatic rings. The summed E-state index contributed by atoms with van der Waals surface area (Å²) in [5, 5.41) is 10.4. The largest absolute Gasteiger partial charge is 0.308 e. The standard InChI is InChI=1S/C17H19N3/c1-2-20-13-14(11-19-20)10-18-12-16-8-5-7-15-6-3-4-9-17(15)16/h3-9,11,13,18H,2,10,12H2,1H3. The average molecular weight is 265 g/mol. The van der Waals surface area contributed by atoms with Crippen molar-refractivity contribution in [3.63, 3.8) is 0 Å². The molecule has 0 saturated heterocycles. The molecule has 3 nitrogen and oxygen atoms in total. The summed E-state index contributed by atoms with van der Waals surface area (Å²) in [5.74, 6) is 0. The summed E-state index contributed by atoms with van der Waals surface area (Å²) >= 11 is 0. The molecule has 1 aromatic heterocycles. The second kappa shape index (κ2) is 5.88. The highest BCUT2D eigenvalue weighted by Crippen LogP contribution is 2.18. The van der Waals surface area contributed by atoms with Gasteiger partial charge in [-0.1, -0.05) is 42.5 Å². The van der Waals surface area contributed by atoms with E-state index in [1.807, 2.05) is 10.9 Å². The molecule has 0 saturated carbocycles. The molecule has 1 heterocycles. The van der Waals surface area contributed by atoms with Gasteiger partial charge >= 0.3 is 0 Å². The van der Waals surface area contributed by atoms with E-state index in [1.165, 1.54) is 21.9 Å². The van der Waals surface area contributed by atoms with Gasteiger partial charge in [-0.3, -0.25) is 4.68 Å². The minimum Gasteiger partial charge on any atom is -0.308 e. The third-order valence-electron chi connectivity index (χ3n) is 3.54. The van der Waals surface area contributed by atoms with E-state index in [4.69, 9.17) is 0 Å². The topological polar surface area (TPSA) is 29.9 Å². The van der Waals surface area contributed by atoms with Gasteiger partial charge in [-0.2, -0.15) is 5.10 Å². The Morgan fingerprint density at radius 3 is 2.75 bits per heavy atom. The quantitative estimate of drug-likeness (QED) is 0.766. The molecule has 2 aromatic carbocycles. The van der Waals surface area contributed by atoms with Gasteiger partial charge in [0, 0.05) is 31.4 Å². The van der Waals surface area contributed by atoms with Crippen LogP contribution in [0.25, 0.3) is 10.8 Å². The molecular weight excluding hydrogens is 246 g/mol. The molecule has 0 spiro atoms. The minimum atomic E-state index is 0.850. The van der Waals surface area contributed by atoms with Crippen LogP contribution in [0.1, 0.15) is 18.1 Å². The molecule has 102 valence electrons. The number of nitrogens with zero attached hydrogens (tertiary/aromatic N) is 2. The van der Waals surface area contributed by atoms with Gasteiger partial charge in [-0.05, 0) is 23.3 Å². The maximum Gasteiger partial charge on any atom is 0.0534 e. The first-order chi connectivity index (χ1) is 9.86. The highest BCUT2D eigenvalue weighted by atomic mass is 15.3. The number of aryl methyl sites for hydroxylation is 1. The summed E-state index contributed by atoms with van der Waals surface area (Å²) in [6, 6.07) is 15.0. The van der Waals surface area contributed by atoms with Crippen LogP contribution >= 0.6 is 0 Å². The van der Waals surface area contributed by atoms with Crippen LogP contribution in [0.15, 0.2) is 54.9 Å². The van der Waals surface area contributed by atoms with E-state index in [0.717, 1.165) is 19.6 Å². The van der Waals surface area contributed by atoms with Crippen LogP contribution < -0.4 is 5.32 Å². The van der Waals surface area contributed by atoms with Gasteiger partial charge in [-0.15, -0.1) is 0 Å². The van der Waals surface area contributed by atoms with E-state index in [1.54, 1.807) is 0 Å². The third kappa shape index (κ3) is 2.73. The Labute approximate surface area is 119 Å². The Hall–Kier alpha value is -2.13. The lowest BCUT2D eigenvalue weighted by Gasteiger charge is -2.07. The summed E-state index contributed by atoms with van der Waals surface area (Å²) in [6.07, 6.45) is 4.02. The first-order valence-electron chi connectivity index (χ1n) is 7.05. The minimum absolute atomic E-state index is 0.850. The molecule has 3 aromatic rings. The average Bonchev–Trinajstić information content (AvgIpc) is 2.95. The maximum atomic E-state index is 4.29. The fraction of sp³-hybridized carbons (Fsp3) is 0.235. The summed E-state index contributed by atoms with van der Waals surface area (Å²) in [5.41, 5.74) is 2.57. The van der Waals surface area contributed by atoms with Crippen molar-refractivity contribution < 1.29 is 0 Å². The normalized spacial score (nSPS) is 11.1. The van der Waals surface area contributed by atoms with Gasteiger partial charge in [0.25, 0.3) is 0 Å². The predicted octanol–water partition coefficient (Wildman–Crippen LogP) is 3.35. The molecule has 0 aliphatic carbocycles. The Kier molecular flexibility index (Phi) is 3.79.